The number of imidazole rings is 1. The van der Waals surface area contributed by atoms with Crippen LogP contribution in [-0.4, -0.2) is 106 Å². The Hall–Kier alpha value is -5.53. The Morgan fingerprint density at radius 1 is 1.02 bits per heavy atom. The lowest BCUT2D eigenvalue weighted by atomic mass is 9.85. The number of imide groups is 1. The van der Waals surface area contributed by atoms with Crippen molar-refractivity contribution < 1.29 is 33.0 Å². The largest absolute Gasteiger partial charge is 0.391 e. The Balaban J connectivity index is 0.728. The lowest BCUT2D eigenvalue weighted by Crippen LogP contribution is -2.44. The van der Waals surface area contributed by atoms with Crippen molar-refractivity contribution in [2.24, 2.45) is 13.0 Å². The number of carbonyl (C=O) groups is 3. The van der Waals surface area contributed by atoms with Crippen LogP contribution in [0.25, 0.3) is 16.7 Å². The Bertz CT molecular complexity index is 2550. The third-order valence-corrected chi connectivity index (χ3v) is 13.8. The molecule has 64 heavy (non-hydrogen) atoms. The fourth-order valence-corrected chi connectivity index (χ4v) is 10.3. The number of ether oxygens (including phenoxy) is 1. The van der Waals surface area contributed by atoms with Crippen LogP contribution in [-0.2, 0) is 27.8 Å². The number of aliphatic hydroxyl groups is 1. The standard InChI is InChI=1S/C45H57F2N11O6/c1-54-40-28(6-4-9-34(40)58(45(54)63)35-15-16-38(60)52-44(35)62)7-5-23-64-30-17-20-55(21-18-30)25-27-11-13-29(14-12-27)57-26-33(39(53-57)41(46)47)50-43(61)31-24-48-56-22-19-37(51-42(31)56)49-32-8-2-3-10-36(32)59/h4,6,9,19,22,24,26-27,29-30,32,35-36,41,59H,2-3,5,7-8,10-18,20-21,23,25H2,1H3,(H,49,51)(H,50,61)(H,52,60,62). The van der Waals surface area contributed by atoms with E-state index < -0.39 is 36.1 Å². The summed E-state index contributed by atoms with van der Waals surface area (Å²) >= 11 is 0. The number of amides is 3. The summed E-state index contributed by atoms with van der Waals surface area (Å²) in [5.74, 6) is -0.382. The van der Waals surface area contributed by atoms with Gasteiger partial charge in [-0.1, -0.05) is 25.0 Å². The van der Waals surface area contributed by atoms with Gasteiger partial charge >= 0.3 is 5.69 Å². The first kappa shape index (κ1) is 43.7. The van der Waals surface area contributed by atoms with Crippen LogP contribution in [0.2, 0.25) is 0 Å². The van der Waals surface area contributed by atoms with Crippen LogP contribution in [0.5, 0.6) is 0 Å². The number of piperidine rings is 2. The molecule has 3 amide bonds. The Morgan fingerprint density at radius 3 is 2.58 bits per heavy atom. The maximum absolute atomic E-state index is 14.3. The average Bonchev–Trinajstić information content (AvgIpc) is 3.98. The molecular formula is C45H57F2N11O6. The Kier molecular flexibility index (Phi) is 12.9. The lowest BCUT2D eigenvalue weighted by molar-refractivity contribution is -0.135. The second kappa shape index (κ2) is 18.9. The number of alkyl halides is 2. The van der Waals surface area contributed by atoms with Crippen molar-refractivity contribution in [1.29, 1.82) is 0 Å². The molecule has 0 bridgehead atoms. The number of rotatable bonds is 14. The number of carbonyl (C=O) groups excluding carboxylic acids is 3. The molecule has 17 nitrogen and oxygen atoms in total. The van der Waals surface area contributed by atoms with E-state index in [1.807, 2.05) is 18.2 Å². The molecule has 4 fully saturated rings. The summed E-state index contributed by atoms with van der Waals surface area (Å²) in [7, 11) is 1.72. The van der Waals surface area contributed by atoms with Crippen molar-refractivity contribution in [1.82, 2.24) is 43.7 Å². The van der Waals surface area contributed by atoms with Gasteiger partial charge < -0.3 is 25.4 Å². The highest BCUT2D eigenvalue weighted by molar-refractivity contribution is 6.08. The second-order valence-electron chi connectivity index (χ2n) is 18.0. The van der Waals surface area contributed by atoms with Gasteiger partial charge in [-0.3, -0.25) is 33.5 Å². The van der Waals surface area contributed by atoms with Crippen molar-refractivity contribution in [3.8, 4) is 0 Å². The van der Waals surface area contributed by atoms with Gasteiger partial charge in [0.1, 0.15) is 17.4 Å². The lowest BCUT2D eigenvalue weighted by Gasteiger charge is -2.36. The van der Waals surface area contributed by atoms with Gasteiger partial charge in [0, 0.05) is 52.1 Å². The van der Waals surface area contributed by atoms with Gasteiger partial charge in [-0.15, -0.1) is 0 Å². The molecule has 2 saturated heterocycles. The number of para-hydroxylation sites is 1. The number of anilines is 2. The van der Waals surface area contributed by atoms with E-state index in [1.165, 1.54) is 21.5 Å². The van der Waals surface area contributed by atoms with E-state index in [1.54, 1.807) is 28.6 Å². The summed E-state index contributed by atoms with van der Waals surface area (Å²) in [5, 5.41) is 27.2. The normalized spacial score (nSPS) is 23.9. The van der Waals surface area contributed by atoms with Crippen LogP contribution in [0.1, 0.15) is 124 Å². The zero-order chi connectivity index (χ0) is 44.5. The van der Waals surface area contributed by atoms with E-state index in [0.29, 0.717) is 36.7 Å². The first-order valence-electron chi connectivity index (χ1n) is 22.8. The van der Waals surface area contributed by atoms with Crippen LogP contribution >= 0.6 is 0 Å². The molecule has 5 aromatic rings. The molecule has 2 aliphatic carbocycles. The van der Waals surface area contributed by atoms with Crippen LogP contribution < -0.4 is 21.6 Å². The van der Waals surface area contributed by atoms with Crippen molar-refractivity contribution in [2.75, 3.05) is 36.9 Å². The summed E-state index contributed by atoms with van der Waals surface area (Å²) in [6.07, 6.45) is 12.3. The molecule has 342 valence electrons. The minimum atomic E-state index is -2.88. The van der Waals surface area contributed by atoms with Crippen LogP contribution in [0.15, 0.2) is 47.7 Å². The number of aryl methyl sites for hydroxylation is 2. The zero-order valence-electron chi connectivity index (χ0n) is 36.1. The minimum Gasteiger partial charge on any atom is -0.391 e. The molecule has 2 saturated carbocycles. The molecule has 4 N–H and O–H groups in total. The topological polar surface area (TPSA) is 195 Å². The summed E-state index contributed by atoms with van der Waals surface area (Å²) in [5.41, 5.74) is 2.15. The number of nitrogens with one attached hydrogen (secondary N) is 3. The number of aromatic nitrogens is 7. The predicted molar refractivity (Wildman–Crippen MR) is 233 cm³/mol. The van der Waals surface area contributed by atoms with Gasteiger partial charge in [-0.2, -0.15) is 10.2 Å². The number of hydrogen-bond donors (Lipinski definition) is 4. The highest BCUT2D eigenvalue weighted by Crippen LogP contribution is 2.36. The number of fused-ring (bicyclic) bond motifs is 2. The Labute approximate surface area is 368 Å². The van der Waals surface area contributed by atoms with E-state index in [9.17, 15) is 33.1 Å². The molecule has 2 aliphatic heterocycles. The number of likely N-dealkylation sites (tertiary alicyclic amines) is 1. The third-order valence-electron chi connectivity index (χ3n) is 13.8. The molecule has 3 unspecified atom stereocenters. The number of aliphatic hydroxyl groups excluding tert-OH is 1. The van der Waals surface area contributed by atoms with Crippen molar-refractivity contribution >= 4 is 45.9 Å². The van der Waals surface area contributed by atoms with Crippen LogP contribution in [0.3, 0.4) is 0 Å². The van der Waals surface area contributed by atoms with Crippen LogP contribution in [0.4, 0.5) is 20.3 Å². The first-order chi connectivity index (χ1) is 31.0. The number of benzene rings is 1. The molecule has 4 aromatic heterocycles. The van der Waals surface area contributed by atoms with Gasteiger partial charge in [-0.05, 0) is 94.2 Å². The van der Waals surface area contributed by atoms with Crippen LogP contribution in [0, 0.1) is 5.92 Å². The SMILES string of the molecule is Cn1c(=O)n(C2CCC(=O)NC2=O)c2cccc(CCCOC3CCN(CC4CCC(n5cc(NC(=O)c6cnn7ccc(NC8CCCCC8O)nc67)c(C(F)F)n5)CC4)CC3)c21. The van der Waals surface area contributed by atoms with Gasteiger partial charge in [0.05, 0.1) is 47.2 Å². The summed E-state index contributed by atoms with van der Waals surface area (Å²) in [4.78, 5) is 58.2. The maximum atomic E-state index is 14.3. The number of hydrogen-bond acceptors (Lipinski definition) is 11. The smallest absolute Gasteiger partial charge is 0.329 e. The molecule has 1 aromatic carbocycles. The number of halogens is 2. The van der Waals surface area contributed by atoms with E-state index >= 15 is 0 Å². The van der Waals surface area contributed by atoms with Gasteiger partial charge in [0.15, 0.2) is 11.3 Å². The minimum absolute atomic E-state index is 0.0304. The number of nitrogens with zero attached hydrogens (tertiary/aromatic N) is 8. The first-order valence-corrected chi connectivity index (χ1v) is 22.8. The summed E-state index contributed by atoms with van der Waals surface area (Å²) in [6, 6.07) is 6.59. The summed E-state index contributed by atoms with van der Waals surface area (Å²) < 4.78 is 41.1. The van der Waals surface area contributed by atoms with E-state index in [2.05, 4.69) is 36.0 Å². The van der Waals surface area contributed by atoms with Gasteiger partial charge in [0.2, 0.25) is 11.8 Å². The van der Waals surface area contributed by atoms with Crippen molar-refractivity contribution in [3.05, 3.63) is 70.2 Å². The monoisotopic (exact) mass is 885 g/mol. The molecular weight excluding hydrogens is 829 g/mol. The highest BCUT2D eigenvalue weighted by atomic mass is 19.3. The fourth-order valence-electron chi connectivity index (χ4n) is 10.3. The second-order valence-corrected chi connectivity index (χ2v) is 18.0. The maximum Gasteiger partial charge on any atom is 0.329 e. The van der Waals surface area contributed by atoms with E-state index in [0.717, 1.165) is 101 Å². The highest BCUT2D eigenvalue weighted by Gasteiger charge is 2.33. The average molecular weight is 886 g/mol. The Morgan fingerprint density at radius 2 is 1.81 bits per heavy atom. The van der Waals surface area contributed by atoms with E-state index in [-0.39, 0.29) is 53.1 Å². The summed E-state index contributed by atoms with van der Waals surface area (Å²) in [6.45, 7) is 3.48. The molecule has 3 atom stereocenters. The molecule has 0 radical (unpaired) electrons. The third kappa shape index (κ3) is 9.19. The predicted octanol–water partition coefficient (Wildman–Crippen LogP) is 5.31. The molecule has 6 heterocycles. The zero-order valence-corrected chi connectivity index (χ0v) is 36.1. The van der Waals surface area contributed by atoms with Crippen molar-refractivity contribution in [2.45, 2.75) is 127 Å². The van der Waals surface area contributed by atoms with Gasteiger partial charge in [-0.25, -0.2) is 23.1 Å². The molecule has 0 spiro atoms. The van der Waals surface area contributed by atoms with Gasteiger partial charge in [0.25, 0.3) is 12.3 Å². The molecule has 19 heteroatoms. The molecule has 9 rings (SSSR count). The fraction of sp³-hybridized carbons (Fsp3) is 0.578. The van der Waals surface area contributed by atoms with E-state index in [4.69, 9.17) is 4.74 Å². The molecule has 4 aliphatic rings. The quantitative estimate of drug-likeness (QED) is 0.0835. The van der Waals surface area contributed by atoms with Crippen molar-refractivity contribution in [3.63, 3.8) is 0 Å².